The SMILES string of the molecule is Cc1nc2ncccn2c1-c1csc(-c2cccc(N)c2)n1. The number of anilines is 1. The summed E-state index contributed by atoms with van der Waals surface area (Å²) < 4.78 is 1.97. The Kier molecular flexibility index (Phi) is 2.90. The number of nitrogen functional groups attached to an aromatic ring is 1. The quantitative estimate of drug-likeness (QED) is 0.576. The third kappa shape index (κ3) is 2.05. The number of benzene rings is 1. The molecule has 3 aromatic heterocycles. The largest absolute Gasteiger partial charge is 0.399 e. The van der Waals surface area contributed by atoms with Gasteiger partial charge in [0.2, 0.25) is 5.78 Å². The van der Waals surface area contributed by atoms with Gasteiger partial charge < -0.3 is 5.73 Å². The van der Waals surface area contributed by atoms with E-state index in [-0.39, 0.29) is 0 Å². The van der Waals surface area contributed by atoms with Crippen molar-refractivity contribution in [1.82, 2.24) is 19.4 Å². The molecule has 3 heterocycles. The molecule has 4 rings (SSSR count). The van der Waals surface area contributed by atoms with Gasteiger partial charge in [-0.1, -0.05) is 12.1 Å². The van der Waals surface area contributed by atoms with Crippen LogP contribution in [0.2, 0.25) is 0 Å². The van der Waals surface area contributed by atoms with E-state index in [1.807, 2.05) is 53.2 Å². The van der Waals surface area contributed by atoms with Crippen molar-refractivity contribution in [3.63, 3.8) is 0 Å². The van der Waals surface area contributed by atoms with Gasteiger partial charge in [0.05, 0.1) is 11.4 Å². The first kappa shape index (κ1) is 13.0. The van der Waals surface area contributed by atoms with Gasteiger partial charge in [0.15, 0.2) is 0 Å². The zero-order valence-corrected chi connectivity index (χ0v) is 12.7. The normalized spacial score (nSPS) is 11.1. The lowest BCUT2D eigenvalue weighted by Crippen LogP contribution is -1.90. The van der Waals surface area contributed by atoms with E-state index in [0.29, 0.717) is 5.78 Å². The highest BCUT2D eigenvalue weighted by Gasteiger charge is 2.15. The number of thiazole rings is 1. The molecule has 0 bridgehead atoms. The van der Waals surface area contributed by atoms with Gasteiger partial charge in [0.1, 0.15) is 10.7 Å². The maximum absolute atomic E-state index is 5.85. The van der Waals surface area contributed by atoms with E-state index in [1.165, 1.54) is 0 Å². The van der Waals surface area contributed by atoms with Crippen molar-refractivity contribution in [2.75, 3.05) is 5.73 Å². The molecule has 0 aliphatic heterocycles. The number of hydrogen-bond acceptors (Lipinski definition) is 5. The van der Waals surface area contributed by atoms with Crippen molar-refractivity contribution < 1.29 is 0 Å². The fourth-order valence-electron chi connectivity index (χ4n) is 2.49. The standard InChI is InChI=1S/C16H13N5S/c1-10-14(21-7-3-6-18-16(21)19-10)13-9-22-15(20-13)11-4-2-5-12(17)8-11/h2-9H,17H2,1H3. The van der Waals surface area contributed by atoms with Crippen LogP contribution in [0.5, 0.6) is 0 Å². The zero-order valence-electron chi connectivity index (χ0n) is 11.9. The molecule has 22 heavy (non-hydrogen) atoms. The van der Waals surface area contributed by atoms with Crippen LogP contribution in [0.1, 0.15) is 5.69 Å². The van der Waals surface area contributed by atoms with Crippen molar-refractivity contribution in [2.45, 2.75) is 6.92 Å². The molecule has 0 fully saturated rings. The molecule has 1 aromatic carbocycles. The van der Waals surface area contributed by atoms with Crippen LogP contribution in [0.25, 0.3) is 27.7 Å². The molecule has 0 spiro atoms. The molecular weight excluding hydrogens is 294 g/mol. The number of fused-ring (bicyclic) bond motifs is 1. The van der Waals surface area contributed by atoms with Gasteiger partial charge in [-0.2, -0.15) is 0 Å². The zero-order chi connectivity index (χ0) is 15.1. The Balaban J connectivity index is 1.85. The van der Waals surface area contributed by atoms with Gasteiger partial charge in [-0.05, 0) is 25.1 Å². The molecule has 0 aliphatic rings. The minimum atomic E-state index is 0.688. The van der Waals surface area contributed by atoms with Gasteiger partial charge in [-0.3, -0.25) is 4.40 Å². The van der Waals surface area contributed by atoms with Crippen molar-refractivity contribution >= 4 is 22.8 Å². The summed E-state index contributed by atoms with van der Waals surface area (Å²) in [6, 6.07) is 9.66. The van der Waals surface area contributed by atoms with Crippen LogP contribution >= 0.6 is 11.3 Å². The fraction of sp³-hybridized carbons (Fsp3) is 0.0625. The van der Waals surface area contributed by atoms with Crippen LogP contribution in [0.4, 0.5) is 5.69 Å². The van der Waals surface area contributed by atoms with E-state index in [9.17, 15) is 0 Å². The lowest BCUT2D eigenvalue weighted by molar-refractivity contribution is 1.11. The molecule has 0 atom stereocenters. The van der Waals surface area contributed by atoms with E-state index in [2.05, 4.69) is 9.97 Å². The van der Waals surface area contributed by atoms with Crippen LogP contribution in [-0.2, 0) is 0 Å². The molecule has 0 amide bonds. The molecule has 0 saturated heterocycles. The Hall–Kier alpha value is -2.73. The summed E-state index contributed by atoms with van der Waals surface area (Å²) in [5.74, 6) is 0.688. The van der Waals surface area contributed by atoms with Crippen molar-refractivity contribution in [1.29, 1.82) is 0 Å². The number of hydrogen-bond donors (Lipinski definition) is 1. The minimum absolute atomic E-state index is 0.688. The first-order chi connectivity index (χ1) is 10.7. The predicted octanol–water partition coefficient (Wildman–Crippen LogP) is 3.41. The Bertz CT molecular complexity index is 970. The smallest absolute Gasteiger partial charge is 0.234 e. The number of aryl methyl sites for hydroxylation is 1. The van der Waals surface area contributed by atoms with E-state index >= 15 is 0 Å². The lowest BCUT2D eigenvalue weighted by atomic mass is 10.2. The minimum Gasteiger partial charge on any atom is -0.399 e. The molecule has 0 unspecified atom stereocenters. The summed E-state index contributed by atoms with van der Waals surface area (Å²) in [4.78, 5) is 13.5. The molecule has 5 nitrogen and oxygen atoms in total. The average Bonchev–Trinajstić information content (AvgIpc) is 3.10. The van der Waals surface area contributed by atoms with E-state index in [0.717, 1.165) is 33.3 Å². The molecule has 0 radical (unpaired) electrons. The highest BCUT2D eigenvalue weighted by atomic mass is 32.1. The summed E-state index contributed by atoms with van der Waals surface area (Å²) in [5.41, 5.74) is 10.4. The molecule has 6 heteroatoms. The van der Waals surface area contributed by atoms with Crippen LogP contribution in [0, 0.1) is 6.92 Å². The second-order valence-corrected chi connectivity index (χ2v) is 5.86. The summed E-state index contributed by atoms with van der Waals surface area (Å²) in [6.45, 7) is 1.98. The number of nitrogens with zero attached hydrogens (tertiary/aromatic N) is 4. The highest BCUT2D eigenvalue weighted by molar-refractivity contribution is 7.13. The second-order valence-electron chi connectivity index (χ2n) is 5.00. The molecule has 0 saturated carbocycles. The third-order valence-electron chi connectivity index (χ3n) is 3.46. The van der Waals surface area contributed by atoms with Gasteiger partial charge >= 0.3 is 0 Å². The van der Waals surface area contributed by atoms with Gasteiger partial charge in [-0.25, -0.2) is 15.0 Å². The maximum Gasteiger partial charge on any atom is 0.234 e. The van der Waals surface area contributed by atoms with Crippen LogP contribution in [0.3, 0.4) is 0 Å². The summed E-state index contributed by atoms with van der Waals surface area (Å²) in [7, 11) is 0. The number of nitrogens with two attached hydrogens (primary N) is 1. The van der Waals surface area contributed by atoms with Crippen LogP contribution < -0.4 is 5.73 Å². The topological polar surface area (TPSA) is 69.1 Å². The molecule has 108 valence electrons. The van der Waals surface area contributed by atoms with E-state index < -0.39 is 0 Å². The first-order valence-corrected chi connectivity index (χ1v) is 7.72. The van der Waals surface area contributed by atoms with Crippen molar-refractivity contribution in [3.05, 3.63) is 53.8 Å². The van der Waals surface area contributed by atoms with E-state index in [4.69, 9.17) is 10.7 Å². The molecular formula is C16H13N5S. The molecule has 0 aliphatic carbocycles. The van der Waals surface area contributed by atoms with E-state index in [1.54, 1.807) is 17.5 Å². The summed E-state index contributed by atoms with van der Waals surface area (Å²) in [5, 5.41) is 2.99. The van der Waals surface area contributed by atoms with Crippen molar-refractivity contribution in [2.24, 2.45) is 0 Å². The monoisotopic (exact) mass is 307 g/mol. The predicted molar refractivity (Wildman–Crippen MR) is 88.7 cm³/mol. The first-order valence-electron chi connectivity index (χ1n) is 6.84. The molecule has 4 aromatic rings. The van der Waals surface area contributed by atoms with Gasteiger partial charge in [0.25, 0.3) is 0 Å². The number of imidazole rings is 1. The number of aromatic nitrogens is 4. The summed E-state index contributed by atoms with van der Waals surface area (Å²) in [6.07, 6.45) is 3.70. The fourth-order valence-corrected chi connectivity index (χ4v) is 3.29. The van der Waals surface area contributed by atoms with Crippen LogP contribution in [0.15, 0.2) is 48.1 Å². The maximum atomic E-state index is 5.85. The highest BCUT2D eigenvalue weighted by Crippen LogP contribution is 2.31. The van der Waals surface area contributed by atoms with Gasteiger partial charge in [-0.15, -0.1) is 11.3 Å². The Morgan fingerprint density at radius 3 is 2.95 bits per heavy atom. The second kappa shape index (κ2) is 4.92. The van der Waals surface area contributed by atoms with Gasteiger partial charge in [0, 0.05) is 29.0 Å². The average molecular weight is 307 g/mol. The summed E-state index contributed by atoms with van der Waals surface area (Å²) >= 11 is 1.60. The van der Waals surface area contributed by atoms with Crippen LogP contribution in [-0.4, -0.2) is 19.4 Å². The molecule has 2 N–H and O–H groups in total. The Morgan fingerprint density at radius 1 is 1.18 bits per heavy atom. The lowest BCUT2D eigenvalue weighted by Gasteiger charge is -1.99. The Labute approximate surface area is 131 Å². The van der Waals surface area contributed by atoms with Crippen molar-refractivity contribution in [3.8, 4) is 22.0 Å². The number of rotatable bonds is 2. The third-order valence-corrected chi connectivity index (χ3v) is 4.35. The Morgan fingerprint density at radius 2 is 2.09 bits per heavy atom.